The van der Waals surface area contributed by atoms with Gasteiger partial charge in [-0.15, -0.1) is 24.0 Å². The van der Waals surface area contributed by atoms with Gasteiger partial charge in [0.1, 0.15) is 5.82 Å². The maximum absolute atomic E-state index is 13.9. The lowest BCUT2D eigenvalue weighted by atomic mass is 9.96. The van der Waals surface area contributed by atoms with Gasteiger partial charge in [0, 0.05) is 19.0 Å². The van der Waals surface area contributed by atoms with Gasteiger partial charge in [0.05, 0.1) is 13.2 Å². The largest absolute Gasteiger partial charge is 0.494 e. The highest BCUT2D eigenvalue weighted by atomic mass is 127. The molecule has 2 N–H and O–H groups in total. The van der Waals surface area contributed by atoms with E-state index in [-0.39, 0.29) is 47.0 Å². The molecule has 0 aliphatic heterocycles. The fraction of sp³-hybridized carbons (Fsp3) is 0.381. The summed E-state index contributed by atoms with van der Waals surface area (Å²) in [6, 6.07) is 11.5. The van der Waals surface area contributed by atoms with Gasteiger partial charge >= 0.3 is 0 Å². The Morgan fingerprint density at radius 1 is 1.21 bits per heavy atom. The molecule has 1 aliphatic carbocycles. The minimum atomic E-state index is -0.394. The van der Waals surface area contributed by atoms with E-state index in [9.17, 15) is 8.78 Å². The second-order valence-electron chi connectivity index (χ2n) is 6.98. The van der Waals surface area contributed by atoms with Gasteiger partial charge in [-0.05, 0) is 55.2 Å². The van der Waals surface area contributed by atoms with E-state index in [1.165, 1.54) is 19.2 Å². The standard InChI is InChI=1S/C21H25F2N3O.HI/c1-14(15-7-8-19(27-3)18(23)11-15)26-20(24-2)25-13-21(9-10-21)16-5-4-6-17(22)12-16;/h4-8,11-12,14H,9-10,13H2,1-3H3,(H2,24,25,26);1H. The lowest BCUT2D eigenvalue weighted by Gasteiger charge is -2.22. The number of ether oxygens (including phenoxy) is 1. The first-order valence-electron chi connectivity index (χ1n) is 9.04. The second kappa shape index (κ2) is 9.54. The Morgan fingerprint density at radius 3 is 2.54 bits per heavy atom. The predicted molar refractivity (Wildman–Crippen MR) is 119 cm³/mol. The van der Waals surface area contributed by atoms with Crippen LogP contribution in [0.15, 0.2) is 47.5 Å². The molecule has 0 amide bonds. The Balaban J connectivity index is 0.00000280. The van der Waals surface area contributed by atoms with Crippen molar-refractivity contribution in [2.45, 2.75) is 31.2 Å². The van der Waals surface area contributed by atoms with E-state index in [4.69, 9.17) is 4.74 Å². The topological polar surface area (TPSA) is 45.7 Å². The predicted octanol–water partition coefficient (Wildman–Crippen LogP) is 4.55. The SMILES string of the molecule is CN=C(NCC1(c2cccc(F)c2)CC1)NC(C)c1ccc(OC)c(F)c1.I. The zero-order chi connectivity index (χ0) is 19.4. The van der Waals surface area contributed by atoms with E-state index in [0.717, 1.165) is 24.0 Å². The first-order chi connectivity index (χ1) is 13.0. The van der Waals surface area contributed by atoms with Gasteiger partial charge in [0.25, 0.3) is 0 Å². The number of hydrogen-bond acceptors (Lipinski definition) is 2. The monoisotopic (exact) mass is 501 g/mol. The third kappa shape index (κ3) is 5.12. The van der Waals surface area contributed by atoms with Crippen LogP contribution in [0.25, 0.3) is 0 Å². The fourth-order valence-electron chi connectivity index (χ4n) is 3.22. The molecular formula is C21H26F2IN3O. The van der Waals surface area contributed by atoms with Gasteiger partial charge in [-0.3, -0.25) is 4.99 Å². The maximum atomic E-state index is 13.9. The van der Waals surface area contributed by atoms with Gasteiger partial charge in [-0.25, -0.2) is 8.78 Å². The Labute approximate surface area is 181 Å². The molecule has 0 spiro atoms. The van der Waals surface area contributed by atoms with E-state index in [1.54, 1.807) is 25.2 Å². The highest BCUT2D eigenvalue weighted by Gasteiger charge is 2.44. The van der Waals surface area contributed by atoms with Crippen LogP contribution in [0.1, 0.15) is 36.9 Å². The number of nitrogens with one attached hydrogen (secondary N) is 2. The molecule has 28 heavy (non-hydrogen) atoms. The molecule has 0 aromatic heterocycles. The van der Waals surface area contributed by atoms with Crippen LogP contribution in [0.3, 0.4) is 0 Å². The molecule has 2 aromatic carbocycles. The quantitative estimate of drug-likeness (QED) is 0.347. The number of halogens is 3. The summed E-state index contributed by atoms with van der Waals surface area (Å²) in [6.07, 6.45) is 2.03. The third-order valence-electron chi connectivity index (χ3n) is 5.14. The molecule has 1 unspecified atom stereocenters. The van der Waals surface area contributed by atoms with Gasteiger partial charge < -0.3 is 15.4 Å². The number of guanidine groups is 1. The smallest absolute Gasteiger partial charge is 0.191 e. The van der Waals surface area contributed by atoms with Crippen LogP contribution >= 0.6 is 24.0 Å². The molecule has 1 atom stereocenters. The van der Waals surface area contributed by atoms with Crippen molar-refractivity contribution in [3.05, 3.63) is 65.2 Å². The van der Waals surface area contributed by atoms with Gasteiger partial charge in [0.2, 0.25) is 0 Å². The van der Waals surface area contributed by atoms with E-state index in [2.05, 4.69) is 15.6 Å². The Bertz CT molecular complexity index is 840. The van der Waals surface area contributed by atoms with Crippen LogP contribution in [0, 0.1) is 11.6 Å². The normalized spacial score (nSPS) is 16.0. The van der Waals surface area contributed by atoms with Crippen molar-refractivity contribution >= 4 is 29.9 Å². The molecule has 1 aliphatic rings. The molecule has 3 rings (SSSR count). The molecule has 0 radical (unpaired) electrons. The lowest BCUT2D eigenvalue weighted by molar-refractivity contribution is 0.386. The summed E-state index contributed by atoms with van der Waals surface area (Å²) in [5.74, 6) is 0.242. The van der Waals surface area contributed by atoms with Crippen LogP contribution in [0.4, 0.5) is 8.78 Å². The molecule has 7 heteroatoms. The van der Waals surface area contributed by atoms with E-state index >= 15 is 0 Å². The Hall–Kier alpha value is -1.90. The molecule has 4 nitrogen and oxygen atoms in total. The summed E-state index contributed by atoms with van der Waals surface area (Å²) < 4.78 is 32.4. The first kappa shape index (κ1) is 22.4. The molecule has 0 heterocycles. The Kier molecular flexibility index (Phi) is 7.63. The molecule has 2 aromatic rings. The summed E-state index contributed by atoms with van der Waals surface area (Å²) in [6.45, 7) is 2.60. The number of nitrogens with zero attached hydrogens (tertiary/aromatic N) is 1. The summed E-state index contributed by atoms with van der Waals surface area (Å²) in [7, 11) is 3.14. The average molecular weight is 501 g/mol. The highest BCUT2D eigenvalue weighted by molar-refractivity contribution is 14.0. The zero-order valence-corrected chi connectivity index (χ0v) is 18.6. The molecule has 1 saturated carbocycles. The zero-order valence-electron chi connectivity index (χ0n) is 16.3. The molecule has 152 valence electrons. The lowest BCUT2D eigenvalue weighted by Crippen LogP contribution is -2.42. The summed E-state index contributed by atoms with van der Waals surface area (Å²) in [5, 5.41) is 6.59. The van der Waals surface area contributed by atoms with Crippen molar-refractivity contribution in [3.63, 3.8) is 0 Å². The number of methoxy groups -OCH3 is 1. The molecule has 0 bridgehead atoms. The van der Waals surface area contributed by atoms with Gasteiger partial charge in [-0.1, -0.05) is 18.2 Å². The molecule has 1 fully saturated rings. The Morgan fingerprint density at radius 2 is 1.96 bits per heavy atom. The van der Waals surface area contributed by atoms with Crippen molar-refractivity contribution in [3.8, 4) is 5.75 Å². The van der Waals surface area contributed by atoms with Crippen molar-refractivity contribution < 1.29 is 13.5 Å². The molecular weight excluding hydrogens is 475 g/mol. The number of benzene rings is 2. The van der Waals surface area contributed by atoms with E-state index in [1.807, 2.05) is 19.1 Å². The third-order valence-corrected chi connectivity index (χ3v) is 5.14. The minimum Gasteiger partial charge on any atom is -0.494 e. The summed E-state index contributed by atoms with van der Waals surface area (Å²) >= 11 is 0. The van der Waals surface area contributed by atoms with Crippen LogP contribution in [-0.4, -0.2) is 26.7 Å². The van der Waals surface area contributed by atoms with Crippen LogP contribution in [0.5, 0.6) is 5.75 Å². The van der Waals surface area contributed by atoms with Crippen LogP contribution < -0.4 is 15.4 Å². The fourth-order valence-corrected chi connectivity index (χ4v) is 3.22. The maximum Gasteiger partial charge on any atom is 0.191 e. The summed E-state index contributed by atoms with van der Waals surface area (Å²) in [5.41, 5.74) is 1.76. The van der Waals surface area contributed by atoms with Crippen LogP contribution in [0.2, 0.25) is 0 Å². The highest BCUT2D eigenvalue weighted by Crippen LogP contribution is 2.47. The van der Waals surface area contributed by atoms with Crippen LogP contribution in [-0.2, 0) is 5.41 Å². The number of rotatable bonds is 6. The van der Waals surface area contributed by atoms with Crippen molar-refractivity contribution in [1.29, 1.82) is 0 Å². The van der Waals surface area contributed by atoms with Crippen molar-refractivity contribution in [2.75, 3.05) is 20.7 Å². The van der Waals surface area contributed by atoms with E-state index in [0.29, 0.717) is 12.5 Å². The number of hydrogen-bond donors (Lipinski definition) is 2. The first-order valence-corrected chi connectivity index (χ1v) is 9.04. The van der Waals surface area contributed by atoms with Gasteiger partial charge in [0.15, 0.2) is 17.5 Å². The van der Waals surface area contributed by atoms with Gasteiger partial charge in [-0.2, -0.15) is 0 Å². The van der Waals surface area contributed by atoms with E-state index < -0.39 is 5.82 Å². The number of aliphatic imine (C=N–C) groups is 1. The average Bonchev–Trinajstić information content (AvgIpc) is 3.46. The van der Waals surface area contributed by atoms with Crippen molar-refractivity contribution in [1.82, 2.24) is 10.6 Å². The molecule has 0 saturated heterocycles. The summed E-state index contributed by atoms with van der Waals surface area (Å²) in [4.78, 5) is 4.25. The minimum absolute atomic E-state index is 0. The second-order valence-corrected chi connectivity index (χ2v) is 6.98. The van der Waals surface area contributed by atoms with Crippen molar-refractivity contribution in [2.24, 2.45) is 4.99 Å².